The average Bonchev–Trinajstić information content (AvgIpc) is 2.26. The zero-order valence-electron chi connectivity index (χ0n) is 11.8. The highest BCUT2D eigenvalue weighted by atomic mass is 79.9. The van der Waals surface area contributed by atoms with Crippen molar-refractivity contribution in [1.82, 2.24) is 0 Å². The van der Waals surface area contributed by atoms with Crippen LogP contribution < -0.4 is 21.7 Å². The van der Waals surface area contributed by atoms with E-state index < -0.39 is 0 Å². The predicted molar refractivity (Wildman–Crippen MR) is 69.8 cm³/mol. The molecule has 0 aromatic heterocycles. The van der Waals surface area contributed by atoms with Crippen molar-refractivity contribution in [2.45, 2.75) is 6.92 Å². The zero-order chi connectivity index (χ0) is 13.8. The van der Waals surface area contributed by atoms with Gasteiger partial charge in [0.05, 0.1) is 21.2 Å². The van der Waals surface area contributed by atoms with Gasteiger partial charge in [0, 0.05) is 12.5 Å². The van der Waals surface area contributed by atoms with Crippen LogP contribution in [-0.4, -0.2) is 50.3 Å². The summed E-state index contributed by atoms with van der Waals surface area (Å²) in [6.45, 7) is 2.21. The Kier molecular flexibility index (Phi) is 6.94. The van der Waals surface area contributed by atoms with Crippen molar-refractivity contribution in [3.05, 3.63) is 29.8 Å². The molecule has 0 aliphatic heterocycles. The molecular formula is C14H20BrNO3. The summed E-state index contributed by atoms with van der Waals surface area (Å²) in [6.07, 6.45) is 0. The fourth-order valence-corrected chi connectivity index (χ4v) is 1.92. The molecule has 19 heavy (non-hydrogen) atoms. The van der Waals surface area contributed by atoms with Crippen LogP contribution >= 0.6 is 0 Å². The SMILES string of the molecule is COc1ccc(C(=O)C[N+](C)(C)CC(C)=O)cc1.[Br-]. The molecule has 0 radical (unpaired) electrons. The number of nitrogens with zero attached hydrogens (tertiary/aromatic N) is 1. The molecule has 1 aromatic rings. The van der Waals surface area contributed by atoms with Gasteiger partial charge in [-0.1, -0.05) is 0 Å². The number of carbonyl (C=O) groups excluding carboxylic acids is 2. The minimum Gasteiger partial charge on any atom is -1.00 e. The Balaban J connectivity index is 0.00000324. The Morgan fingerprint density at radius 2 is 1.63 bits per heavy atom. The van der Waals surface area contributed by atoms with Crippen molar-refractivity contribution in [3.63, 3.8) is 0 Å². The minimum absolute atomic E-state index is 0. The van der Waals surface area contributed by atoms with Crippen LogP contribution in [-0.2, 0) is 4.79 Å². The van der Waals surface area contributed by atoms with Crippen molar-refractivity contribution in [1.29, 1.82) is 0 Å². The molecule has 0 amide bonds. The number of benzene rings is 1. The van der Waals surface area contributed by atoms with E-state index in [4.69, 9.17) is 4.74 Å². The van der Waals surface area contributed by atoms with Crippen LogP contribution in [0.5, 0.6) is 5.75 Å². The summed E-state index contributed by atoms with van der Waals surface area (Å²) in [5, 5.41) is 0. The number of hydrogen-bond donors (Lipinski definition) is 0. The van der Waals surface area contributed by atoms with Gasteiger partial charge in [-0.05, 0) is 24.3 Å². The van der Waals surface area contributed by atoms with Crippen LogP contribution in [0.2, 0.25) is 0 Å². The first-order chi connectivity index (χ1) is 8.34. The maximum atomic E-state index is 12.1. The lowest BCUT2D eigenvalue weighted by atomic mass is 10.1. The Morgan fingerprint density at radius 1 is 1.11 bits per heavy atom. The fourth-order valence-electron chi connectivity index (χ4n) is 1.92. The molecule has 4 nitrogen and oxygen atoms in total. The van der Waals surface area contributed by atoms with Gasteiger partial charge in [-0.2, -0.15) is 0 Å². The molecule has 0 bridgehead atoms. The molecule has 0 saturated heterocycles. The Hall–Kier alpha value is -1.20. The van der Waals surface area contributed by atoms with Crippen LogP contribution in [0.15, 0.2) is 24.3 Å². The monoisotopic (exact) mass is 329 g/mol. The van der Waals surface area contributed by atoms with Crippen LogP contribution in [0.3, 0.4) is 0 Å². The maximum Gasteiger partial charge on any atom is 0.216 e. The summed E-state index contributed by atoms with van der Waals surface area (Å²) in [5.41, 5.74) is 0.644. The van der Waals surface area contributed by atoms with Gasteiger partial charge in [0.2, 0.25) is 5.78 Å². The normalized spacial score (nSPS) is 10.5. The Labute approximate surface area is 124 Å². The Morgan fingerprint density at radius 3 is 2.05 bits per heavy atom. The molecule has 0 unspecified atom stereocenters. The molecule has 0 aliphatic rings. The fraction of sp³-hybridized carbons (Fsp3) is 0.429. The van der Waals surface area contributed by atoms with Crippen molar-refractivity contribution in [2.24, 2.45) is 0 Å². The summed E-state index contributed by atoms with van der Waals surface area (Å²) < 4.78 is 5.42. The largest absolute Gasteiger partial charge is 1.00 e. The van der Waals surface area contributed by atoms with E-state index >= 15 is 0 Å². The van der Waals surface area contributed by atoms with E-state index in [1.807, 2.05) is 14.1 Å². The second-order valence-corrected chi connectivity index (χ2v) is 5.11. The van der Waals surface area contributed by atoms with Crippen LogP contribution in [0.25, 0.3) is 0 Å². The number of Topliss-reactive ketones (excluding diaryl/α,β-unsaturated/α-hetero) is 2. The molecule has 0 heterocycles. The van der Waals surface area contributed by atoms with Gasteiger partial charge in [-0.15, -0.1) is 0 Å². The lowest BCUT2D eigenvalue weighted by Gasteiger charge is -2.27. The number of hydrogen-bond acceptors (Lipinski definition) is 3. The minimum atomic E-state index is 0. The third kappa shape index (κ3) is 5.98. The average molecular weight is 330 g/mol. The number of rotatable bonds is 6. The number of quaternary nitrogens is 1. The summed E-state index contributed by atoms with van der Waals surface area (Å²) in [5.74, 6) is 0.843. The summed E-state index contributed by atoms with van der Waals surface area (Å²) in [7, 11) is 5.34. The first kappa shape index (κ1) is 17.8. The summed E-state index contributed by atoms with van der Waals surface area (Å²) in [4.78, 5) is 23.2. The second kappa shape index (κ2) is 7.40. The molecule has 0 spiro atoms. The second-order valence-electron chi connectivity index (χ2n) is 5.11. The molecule has 0 aliphatic carbocycles. The third-order valence-electron chi connectivity index (χ3n) is 2.63. The van der Waals surface area contributed by atoms with Crippen LogP contribution in [0, 0.1) is 0 Å². The smallest absolute Gasteiger partial charge is 0.216 e. The number of ether oxygens (including phenoxy) is 1. The van der Waals surface area contributed by atoms with E-state index in [9.17, 15) is 9.59 Å². The molecular weight excluding hydrogens is 310 g/mol. The molecule has 0 atom stereocenters. The highest BCUT2D eigenvalue weighted by Gasteiger charge is 2.22. The summed E-state index contributed by atoms with van der Waals surface area (Å²) in [6, 6.07) is 7.01. The zero-order valence-corrected chi connectivity index (χ0v) is 13.4. The standard InChI is InChI=1S/C14H20NO3.BrH/c1-11(16)9-15(2,3)10-14(17)12-5-7-13(18-4)8-6-12;/h5-8H,9-10H2,1-4H3;1H/q+1;/p-1. The predicted octanol–water partition coefficient (Wildman–Crippen LogP) is -1.45. The van der Waals surface area contributed by atoms with E-state index in [1.165, 1.54) is 6.92 Å². The molecule has 0 saturated carbocycles. The van der Waals surface area contributed by atoms with E-state index in [1.54, 1.807) is 31.4 Å². The van der Waals surface area contributed by atoms with Gasteiger partial charge in [-0.25, -0.2) is 0 Å². The van der Waals surface area contributed by atoms with Crippen molar-refractivity contribution in [3.8, 4) is 5.75 Å². The number of halogens is 1. The molecule has 106 valence electrons. The molecule has 0 fully saturated rings. The van der Waals surface area contributed by atoms with Gasteiger partial charge >= 0.3 is 0 Å². The molecule has 0 N–H and O–H groups in total. The van der Waals surface area contributed by atoms with Gasteiger partial charge in [0.1, 0.15) is 18.8 Å². The Bertz CT molecular complexity index is 441. The summed E-state index contributed by atoms with van der Waals surface area (Å²) >= 11 is 0. The third-order valence-corrected chi connectivity index (χ3v) is 2.63. The number of likely N-dealkylation sites (N-methyl/N-ethyl adjacent to an activating group) is 1. The van der Waals surface area contributed by atoms with Gasteiger partial charge < -0.3 is 26.2 Å². The van der Waals surface area contributed by atoms with Gasteiger partial charge in [-0.3, -0.25) is 9.59 Å². The van der Waals surface area contributed by atoms with Gasteiger partial charge in [0.25, 0.3) is 0 Å². The lowest BCUT2D eigenvalue weighted by molar-refractivity contribution is -0.873. The highest BCUT2D eigenvalue weighted by molar-refractivity contribution is 5.97. The van der Waals surface area contributed by atoms with E-state index in [-0.39, 0.29) is 28.5 Å². The lowest BCUT2D eigenvalue weighted by Crippen LogP contribution is -3.00. The number of methoxy groups -OCH3 is 1. The van der Waals surface area contributed by atoms with Crippen LogP contribution in [0.1, 0.15) is 17.3 Å². The first-order valence-electron chi connectivity index (χ1n) is 5.83. The molecule has 1 rings (SSSR count). The highest BCUT2D eigenvalue weighted by Crippen LogP contribution is 2.13. The molecule has 1 aromatic carbocycles. The van der Waals surface area contributed by atoms with Gasteiger partial charge in [0.15, 0.2) is 5.78 Å². The van der Waals surface area contributed by atoms with E-state index in [0.717, 1.165) is 5.75 Å². The quantitative estimate of drug-likeness (QED) is 0.473. The van der Waals surface area contributed by atoms with E-state index in [0.29, 0.717) is 23.1 Å². The molecule has 5 heteroatoms. The van der Waals surface area contributed by atoms with Crippen LogP contribution in [0.4, 0.5) is 0 Å². The van der Waals surface area contributed by atoms with E-state index in [2.05, 4.69) is 0 Å². The number of ketones is 2. The topological polar surface area (TPSA) is 43.4 Å². The maximum absolute atomic E-state index is 12.1. The van der Waals surface area contributed by atoms with Crippen molar-refractivity contribution >= 4 is 11.6 Å². The number of carbonyl (C=O) groups is 2. The first-order valence-corrected chi connectivity index (χ1v) is 5.83. The van der Waals surface area contributed by atoms with Crippen molar-refractivity contribution in [2.75, 3.05) is 34.3 Å². The van der Waals surface area contributed by atoms with Crippen molar-refractivity contribution < 1.29 is 35.8 Å².